The van der Waals surface area contributed by atoms with E-state index in [0.717, 1.165) is 29.3 Å². The Morgan fingerprint density at radius 3 is 3.00 bits per heavy atom. The van der Waals surface area contributed by atoms with E-state index in [9.17, 15) is 9.59 Å². The maximum atomic E-state index is 12.4. The predicted octanol–water partition coefficient (Wildman–Crippen LogP) is 2.57. The van der Waals surface area contributed by atoms with Gasteiger partial charge in [-0.05, 0) is 48.4 Å². The lowest BCUT2D eigenvalue weighted by molar-refractivity contribution is -0.139. The zero-order valence-corrected chi connectivity index (χ0v) is 12.4. The Labute approximate surface area is 128 Å². The number of aliphatic carboxylic acids is 1. The standard InChI is InChI=1S/C17H20N2O3/c20-16(19-9-1-2-14(19)11-17(21)22)6-4-12-3-5-15-13(10-12)7-8-18-15/h3,5,7-8,10,14,18H,1-2,4,6,9,11H2,(H,21,22). The average Bonchev–Trinajstić information content (AvgIpc) is 3.12. The van der Waals surface area contributed by atoms with Crippen LogP contribution in [0.3, 0.4) is 0 Å². The fraction of sp³-hybridized carbons (Fsp3) is 0.412. The Balaban J connectivity index is 1.60. The van der Waals surface area contributed by atoms with Crippen molar-refractivity contribution in [2.24, 2.45) is 0 Å². The van der Waals surface area contributed by atoms with Gasteiger partial charge in [-0.3, -0.25) is 9.59 Å². The first-order valence-corrected chi connectivity index (χ1v) is 7.71. The summed E-state index contributed by atoms with van der Waals surface area (Å²) < 4.78 is 0. The number of benzene rings is 1. The topological polar surface area (TPSA) is 73.4 Å². The Hall–Kier alpha value is -2.30. The minimum atomic E-state index is -0.831. The molecule has 0 aliphatic carbocycles. The number of hydrogen-bond donors (Lipinski definition) is 2. The van der Waals surface area contributed by atoms with E-state index in [1.165, 1.54) is 0 Å². The quantitative estimate of drug-likeness (QED) is 0.891. The summed E-state index contributed by atoms with van der Waals surface area (Å²) in [4.78, 5) is 28.1. The average molecular weight is 300 g/mol. The van der Waals surface area contributed by atoms with Crippen LogP contribution in [-0.4, -0.2) is 39.5 Å². The molecule has 3 rings (SSSR count). The molecule has 1 saturated heterocycles. The number of amides is 1. The Morgan fingerprint density at radius 1 is 1.32 bits per heavy atom. The molecule has 0 spiro atoms. The number of carbonyl (C=O) groups excluding carboxylic acids is 1. The van der Waals surface area contributed by atoms with E-state index in [1.54, 1.807) is 4.90 Å². The van der Waals surface area contributed by atoms with Gasteiger partial charge in [0.2, 0.25) is 5.91 Å². The molecule has 1 aliphatic heterocycles. The number of carboxylic acids is 1. The van der Waals surface area contributed by atoms with Crippen LogP contribution in [0, 0.1) is 0 Å². The first-order valence-electron chi connectivity index (χ1n) is 7.71. The summed E-state index contributed by atoms with van der Waals surface area (Å²) in [6, 6.07) is 8.04. The molecule has 1 aliphatic rings. The smallest absolute Gasteiger partial charge is 0.305 e. The molecule has 116 valence electrons. The van der Waals surface area contributed by atoms with Crippen LogP contribution in [0.25, 0.3) is 10.9 Å². The molecule has 2 N–H and O–H groups in total. The fourth-order valence-corrected chi connectivity index (χ4v) is 3.23. The number of nitrogens with zero attached hydrogens (tertiary/aromatic N) is 1. The summed E-state index contributed by atoms with van der Waals surface area (Å²) in [6.45, 7) is 0.688. The van der Waals surface area contributed by atoms with Gasteiger partial charge in [0.15, 0.2) is 0 Å². The maximum Gasteiger partial charge on any atom is 0.305 e. The number of hydrogen-bond acceptors (Lipinski definition) is 2. The monoisotopic (exact) mass is 300 g/mol. The van der Waals surface area contributed by atoms with Crippen LogP contribution in [-0.2, 0) is 16.0 Å². The van der Waals surface area contributed by atoms with Gasteiger partial charge in [0, 0.05) is 30.7 Å². The van der Waals surface area contributed by atoms with E-state index < -0.39 is 5.97 Å². The fourth-order valence-electron chi connectivity index (χ4n) is 3.23. The van der Waals surface area contributed by atoms with Crippen molar-refractivity contribution in [2.45, 2.75) is 38.1 Å². The van der Waals surface area contributed by atoms with Gasteiger partial charge < -0.3 is 15.0 Å². The molecule has 5 nitrogen and oxygen atoms in total. The molecule has 2 aromatic rings. The number of rotatable bonds is 5. The Morgan fingerprint density at radius 2 is 2.18 bits per heavy atom. The summed E-state index contributed by atoms with van der Waals surface area (Å²) >= 11 is 0. The number of aromatic amines is 1. The van der Waals surface area contributed by atoms with Gasteiger partial charge in [0.05, 0.1) is 6.42 Å². The molecule has 0 bridgehead atoms. The first-order chi connectivity index (χ1) is 10.6. The van der Waals surface area contributed by atoms with Crippen molar-refractivity contribution in [3.63, 3.8) is 0 Å². The highest BCUT2D eigenvalue weighted by molar-refractivity contribution is 5.81. The minimum Gasteiger partial charge on any atom is -0.481 e. The second-order valence-electron chi connectivity index (χ2n) is 5.88. The van der Waals surface area contributed by atoms with Crippen LogP contribution in [0.1, 0.15) is 31.2 Å². The van der Waals surface area contributed by atoms with Crippen molar-refractivity contribution in [3.05, 3.63) is 36.0 Å². The lowest BCUT2D eigenvalue weighted by Crippen LogP contribution is -2.36. The van der Waals surface area contributed by atoms with Crippen molar-refractivity contribution < 1.29 is 14.7 Å². The molecule has 1 aromatic carbocycles. The lowest BCUT2D eigenvalue weighted by atomic mass is 10.1. The number of aromatic nitrogens is 1. The van der Waals surface area contributed by atoms with E-state index in [4.69, 9.17) is 5.11 Å². The van der Waals surface area contributed by atoms with E-state index >= 15 is 0 Å². The Bertz CT molecular complexity index is 692. The SMILES string of the molecule is O=C(O)CC1CCCN1C(=O)CCc1ccc2[nH]ccc2c1. The van der Waals surface area contributed by atoms with Crippen LogP contribution >= 0.6 is 0 Å². The van der Waals surface area contributed by atoms with E-state index in [1.807, 2.05) is 24.4 Å². The summed E-state index contributed by atoms with van der Waals surface area (Å²) in [5.74, 6) is -0.763. The van der Waals surface area contributed by atoms with Crippen LogP contribution < -0.4 is 0 Å². The largest absolute Gasteiger partial charge is 0.481 e. The highest BCUT2D eigenvalue weighted by atomic mass is 16.4. The van der Waals surface area contributed by atoms with Crippen LogP contribution in [0.15, 0.2) is 30.5 Å². The zero-order chi connectivity index (χ0) is 15.5. The number of carboxylic acid groups (broad SMARTS) is 1. The van der Waals surface area contributed by atoms with E-state index in [0.29, 0.717) is 19.4 Å². The van der Waals surface area contributed by atoms with Gasteiger partial charge in [-0.1, -0.05) is 6.07 Å². The summed E-state index contributed by atoms with van der Waals surface area (Å²) in [5, 5.41) is 10.1. The third kappa shape index (κ3) is 3.13. The van der Waals surface area contributed by atoms with Crippen molar-refractivity contribution >= 4 is 22.8 Å². The van der Waals surface area contributed by atoms with Crippen molar-refractivity contribution in [1.82, 2.24) is 9.88 Å². The van der Waals surface area contributed by atoms with Gasteiger partial charge >= 0.3 is 5.97 Å². The normalized spacial score (nSPS) is 18.0. The van der Waals surface area contributed by atoms with Gasteiger partial charge in [-0.15, -0.1) is 0 Å². The highest BCUT2D eigenvalue weighted by Gasteiger charge is 2.29. The molecule has 22 heavy (non-hydrogen) atoms. The van der Waals surface area contributed by atoms with Gasteiger partial charge in [-0.25, -0.2) is 0 Å². The third-order valence-electron chi connectivity index (χ3n) is 4.35. The molecular weight excluding hydrogens is 280 g/mol. The van der Waals surface area contributed by atoms with E-state index in [2.05, 4.69) is 11.1 Å². The molecule has 2 heterocycles. The molecule has 1 amide bonds. The van der Waals surface area contributed by atoms with Crippen molar-refractivity contribution in [3.8, 4) is 0 Å². The number of nitrogens with one attached hydrogen (secondary N) is 1. The van der Waals surface area contributed by atoms with Gasteiger partial charge in [0.1, 0.15) is 0 Å². The lowest BCUT2D eigenvalue weighted by Gasteiger charge is -2.23. The molecule has 1 aromatic heterocycles. The van der Waals surface area contributed by atoms with Crippen molar-refractivity contribution in [1.29, 1.82) is 0 Å². The maximum absolute atomic E-state index is 12.4. The minimum absolute atomic E-state index is 0.0566. The van der Waals surface area contributed by atoms with E-state index in [-0.39, 0.29) is 18.4 Å². The molecule has 0 saturated carbocycles. The summed E-state index contributed by atoms with van der Waals surface area (Å²) in [5.41, 5.74) is 2.23. The second kappa shape index (κ2) is 6.22. The predicted molar refractivity (Wildman–Crippen MR) is 83.6 cm³/mol. The van der Waals surface area contributed by atoms with Crippen LogP contribution in [0.2, 0.25) is 0 Å². The molecule has 1 fully saturated rings. The molecule has 0 radical (unpaired) electrons. The summed E-state index contributed by atoms with van der Waals surface area (Å²) in [6.07, 6.45) is 4.79. The number of H-pyrrole nitrogens is 1. The zero-order valence-electron chi connectivity index (χ0n) is 12.4. The number of likely N-dealkylation sites (tertiary alicyclic amines) is 1. The second-order valence-corrected chi connectivity index (χ2v) is 5.88. The van der Waals surface area contributed by atoms with Crippen LogP contribution in [0.4, 0.5) is 0 Å². The third-order valence-corrected chi connectivity index (χ3v) is 4.35. The Kier molecular flexibility index (Phi) is 4.13. The number of carbonyl (C=O) groups is 2. The number of aryl methyl sites for hydroxylation is 1. The molecular formula is C17H20N2O3. The first kappa shape index (κ1) is 14.6. The van der Waals surface area contributed by atoms with Crippen molar-refractivity contribution in [2.75, 3.05) is 6.54 Å². The summed E-state index contributed by atoms with van der Waals surface area (Å²) in [7, 11) is 0. The molecule has 5 heteroatoms. The number of fused-ring (bicyclic) bond motifs is 1. The molecule has 1 atom stereocenters. The molecule has 1 unspecified atom stereocenters. The van der Waals surface area contributed by atoms with Gasteiger partial charge in [-0.2, -0.15) is 0 Å². The van der Waals surface area contributed by atoms with Crippen LogP contribution in [0.5, 0.6) is 0 Å². The van der Waals surface area contributed by atoms with Gasteiger partial charge in [0.25, 0.3) is 0 Å². The highest BCUT2D eigenvalue weighted by Crippen LogP contribution is 2.22.